The quantitative estimate of drug-likeness (QED) is 0.583. The third-order valence-corrected chi connectivity index (χ3v) is 5.11. The predicted molar refractivity (Wildman–Crippen MR) is 96.5 cm³/mol. The highest BCUT2D eigenvalue weighted by Crippen LogP contribution is 2.34. The van der Waals surface area contributed by atoms with E-state index in [1.54, 1.807) is 0 Å². The fourth-order valence-electron chi connectivity index (χ4n) is 3.81. The Hall–Kier alpha value is -2.75. The summed E-state index contributed by atoms with van der Waals surface area (Å²) < 4.78 is 5.91. The smallest absolute Gasteiger partial charge is 0.298 e. The van der Waals surface area contributed by atoms with Crippen molar-refractivity contribution in [2.24, 2.45) is 0 Å². The molecule has 1 aliphatic rings. The molecule has 120 valence electrons. The molecule has 4 heteroatoms. The Morgan fingerprint density at radius 2 is 1.79 bits per heavy atom. The number of anilines is 1. The van der Waals surface area contributed by atoms with Crippen molar-refractivity contribution in [2.45, 2.75) is 18.8 Å². The highest BCUT2D eigenvalue weighted by molar-refractivity contribution is 5.83. The highest BCUT2D eigenvalue weighted by Gasteiger charge is 2.25. The second-order valence-corrected chi connectivity index (χ2v) is 6.52. The van der Waals surface area contributed by atoms with Gasteiger partial charge in [-0.25, -0.2) is 0 Å². The molecule has 0 unspecified atom stereocenters. The molecule has 0 bridgehead atoms. The standard InChI is InChI=1S/C20H19N3O/c1-2-6-17-15(5-1)16(13-21-17)14-9-11-23(12-10-14)20-22-18-7-3-4-8-19(18)24-20/h1-8,13-14,21H,9-12H2. The van der Waals surface area contributed by atoms with Crippen LogP contribution in [0.3, 0.4) is 0 Å². The number of aromatic nitrogens is 2. The number of rotatable bonds is 2. The van der Waals surface area contributed by atoms with Crippen molar-refractivity contribution in [1.29, 1.82) is 0 Å². The van der Waals surface area contributed by atoms with E-state index in [9.17, 15) is 0 Å². The number of H-pyrrole nitrogens is 1. The zero-order valence-electron chi connectivity index (χ0n) is 13.4. The summed E-state index contributed by atoms with van der Waals surface area (Å²) >= 11 is 0. The van der Waals surface area contributed by atoms with Crippen LogP contribution in [0.5, 0.6) is 0 Å². The van der Waals surface area contributed by atoms with Gasteiger partial charge in [0.05, 0.1) is 0 Å². The lowest BCUT2D eigenvalue weighted by atomic mass is 9.89. The zero-order chi connectivity index (χ0) is 15.9. The number of aromatic amines is 1. The van der Waals surface area contributed by atoms with Gasteiger partial charge in [-0.3, -0.25) is 0 Å². The van der Waals surface area contributed by atoms with Gasteiger partial charge in [0.15, 0.2) is 5.58 Å². The lowest BCUT2D eigenvalue weighted by molar-refractivity contribution is 0.469. The Morgan fingerprint density at radius 3 is 2.67 bits per heavy atom. The van der Waals surface area contributed by atoms with E-state index in [0.717, 1.165) is 43.0 Å². The lowest BCUT2D eigenvalue weighted by Gasteiger charge is -2.30. The van der Waals surface area contributed by atoms with Crippen LogP contribution in [0.15, 0.2) is 59.1 Å². The summed E-state index contributed by atoms with van der Waals surface area (Å²) in [5, 5.41) is 1.36. The summed E-state index contributed by atoms with van der Waals surface area (Å²) in [7, 11) is 0. The van der Waals surface area contributed by atoms with Crippen molar-refractivity contribution < 1.29 is 4.42 Å². The molecule has 0 amide bonds. The number of oxazole rings is 1. The molecule has 0 spiro atoms. The number of nitrogens with one attached hydrogen (secondary N) is 1. The minimum atomic E-state index is 0.599. The molecule has 0 atom stereocenters. The highest BCUT2D eigenvalue weighted by atomic mass is 16.4. The molecular weight excluding hydrogens is 298 g/mol. The number of para-hydroxylation sites is 3. The second kappa shape index (κ2) is 5.41. The van der Waals surface area contributed by atoms with Crippen LogP contribution in [0.25, 0.3) is 22.0 Å². The summed E-state index contributed by atoms with van der Waals surface area (Å²) in [5.74, 6) is 0.599. The first-order valence-corrected chi connectivity index (χ1v) is 8.55. The summed E-state index contributed by atoms with van der Waals surface area (Å²) in [6.45, 7) is 1.97. The SMILES string of the molecule is c1ccc2oc(N3CCC(c4c[nH]c5ccccc45)CC3)nc2c1. The van der Waals surface area contributed by atoms with Crippen molar-refractivity contribution in [1.82, 2.24) is 9.97 Å². The van der Waals surface area contributed by atoms with E-state index in [1.165, 1.54) is 16.5 Å². The molecule has 4 nitrogen and oxygen atoms in total. The van der Waals surface area contributed by atoms with Crippen LogP contribution < -0.4 is 4.90 Å². The number of hydrogen-bond acceptors (Lipinski definition) is 3. The minimum absolute atomic E-state index is 0.599. The van der Waals surface area contributed by atoms with Crippen molar-refractivity contribution in [3.63, 3.8) is 0 Å². The van der Waals surface area contributed by atoms with Gasteiger partial charge in [0.1, 0.15) is 5.52 Å². The van der Waals surface area contributed by atoms with E-state index in [4.69, 9.17) is 4.42 Å². The Balaban J connectivity index is 1.37. The van der Waals surface area contributed by atoms with Gasteiger partial charge in [-0.1, -0.05) is 30.3 Å². The van der Waals surface area contributed by atoms with Gasteiger partial charge in [-0.2, -0.15) is 4.98 Å². The Bertz CT molecular complexity index is 959. The molecule has 1 aliphatic heterocycles. The van der Waals surface area contributed by atoms with Crippen LogP contribution >= 0.6 is 0 Å². The molecule has 3 heterocycles. The molecule has 1 N–H and O–H groups in total. The molecule has 2 aromatic heterocycles. The molecule has 1 saturated heterocycles. The molecule has 4 aromatic rings. The van der Waals surface area contributed by atoms with Gasteiger partial charge in [0.2, 0.25) is 0 Å². The normalized spacial score (nSPS) is 16.2. The van der Waals surface area contributed by atoms with Crippen LogP contribution in [0.2, 0.25) is 0 Å². The third-order valence-electron chi connectivity index (χ3n) is 5.11. The Morgan fingerprint density at radius 1 is 1.00 bits per heavy atom. The fourth-order valence-corrected chi connectivity index (χ4v) is 3.81. The molecule has 2 aromatic carbocycles. The average molecular weight is 317 g/mol. The predicted octanol–water partition coefficient (Wildman–Crippen LogP) is 4.69. The van der Waals surface area contributed by atoms with E-state index in [2.05, 4.69) is 45.3 Å². The second-order valence-electron chi connectivity index (χ2n) is 6.52. The summed E-state index contributed by atoms with van der Waals surface area (Å²) in [6, 6.07) is 17.3. The molecule has 24 heavy (non-hydrogen) atoms. The van der Waals surface area contributed by atoms with Crippen molar-refractivity contribution in [3.05, 3.63) is 60.3 Å². The van der Waals surface area contributed by atoms with Crippen LogP contribution in [-0.2, 0) is 0 Å². The maximum Gasteiger partial charge on any atom is 0.298 e. The van der Waals surface area contributed by atoms with Crippen LogP contribution in [0.1, 0.15) is 24.3 Å². The minimum Gasteiger partial charge on any atom is -0.423 e. The van der Waals surface area contributed by atoms with Gasteiger partial charge >= 0.3 is 0 Å². The van der Waals surface area contributed by atoms with E-state index < -0.39 is 0 Å². The Labute approximate surface area is 140 Å². The largest absolute Gasteiger partial charge is 0.423 e. The van der Waals surface area contributed by atoms with E-state index in [0.29, 0.717) is 5.92 Å². The summed E-state index contributed by atoms with van der Waals surface area (Å²) in [4.78, 5) is 10.3. The maximum atomic E-state index is 5.91. The number of nitrogens with zero attached hydrogens (tertiary/aromatic N) is 2. The maximum absolute atomic E-state index is 5.91. The van der Waals surface area contributed by atoms with E-state index in [1.807, 2.05) is 24.3 Å². The van der Waals surface area contributed by atoms with Gasteiger partial charge < -0.3 is 14.3 Å². The molecular formula is C20H19N3O. The first-order valence-electron chi connectivity index (χ1n) is 8.55. The van der Waals surface area contributed by atoms with E-state index in [-0.39, 0.29) is 0 Å². The number of benzene rings is 2. The van der Waals surface area contributed by atoms with Crippen LogP contribution in [0, 0.1) is 0 Å². The van der Waals surface area contributed by atoms with Gasteiger partial charge in [0, 0.05) is 30.2 Å². The molecule has 0 saturated carbocycles. The van der Waals surface area contributed by atoms with Gasteiger partial charge in [0.25, 0.3) is 6.01 Å². The lowest BCUT2D eigenvalue weighted by Crippen LogP contribution is -2.33. The van der Waals surface area contributed by atoms with Crippen molar-refractivity contribution in [3.8, 4) is 0 Å². The number of piperidine rings is 1. The molecule has 0 radical (unpaired) electrons. The zero-order valence-corrected chi connectivity index (χ0v) is 13.4. The fraction of sp³-hybridized carbons (Fsp3) is 0.250. The Kier molecular flexibility index (Phi) is 3.08. The molecule has 0 aliphatic carbocycles. The molecule has 5 rings (SSSR count). The van der Waals surface area contributed by atoms with Crippen molar-refractivity contribution in [2.75, 3.05) is 18.0 Å². The number of fused-ring (bicyclic) bond motifs is 2. The number of hydrogen-bond donors (Lipinski definition) is 1. The van der Waals surface area contributed by atoms with Gasteiger partial charge in [-0.05, 0) is 42.5 Å². The van der Waals surface area contributed by atoms with Gasteiger partial charge in [-0.15, -0.1) is 0 Å². The third kappa shape index (κ3) is 2.18. The van der Waals surface area contributed by atoms with Crippen molar-refractivity contribution >= 4 is 28.0 Å². The topological polar surface area (TPSA) is 45.1 Å². The monoisotopic (exact) mass is 317 g/mol. The molecule has 1 fully saturated rings. The summed E-state index contributed by atoms with van der Waals surface area (Å²) in [5.41, 5.74) is 4.48. The first kappa shape index (κ1) is 13.7. The average Bonchev–Trinajstić information content (AvgIpc) is 3.26. The first-order chi connectivity index (χ1) is 11.9. The van der Waals surface area contributed by atoms with Crippen LogP contribution in [0.4, 0.5) is 6.01 Å². The van der Waals surface area contributed by atoms with Crippen LogP contribution in [-0.4, -0.2) is 23.1 Å². The summed E-state index contributed by atoms with van der Waals surface area (Å²) in [6.07, 6.45) is 4.44. The van der Waals surface area contributed by atoms with E-state index >= 15 is 0 Å².